The fourth-order valence-electron chi connectivity index (χ4n) is 29.4. The molecule has 19 aliphatic rings. The molecular formula is C77H95N3O5. The molecule has 10 bridgehead atoms. The van der Waals surface area contributed by atoms with Gasteiger partial charge >= 0.3 is 11.9 Å². The highest BCUT2D eigenvalue weighted by atomic mass is 16.6. The third-order valence-corrected chi connectivity index (χ3v) is 31.7. The molecule has 85 heavy (non-hydrogen) atoms. The van der Waals surface area contributed by atoms with Gasteiger partial charge in [0, 0.05) is 79.0 Å². The largest absolute Gasteiger partial charge is 0.509 e. The Balaban J connectivity index is 0.873. The maximum absolute atomic E-state index is 17.3. The highest BCUT2D eigenvalue weighted by Crippen LogP contribution is 2.89. The van der Waals surface area contributed by atoms with Crippen LogP contribution >= 0.6 is 0 Å². The summed E-state index contributed by atoms with van der Waals surface area (Å²) in [6.45, 7) is 2.73. The van der Waals surface area contributed by atoms with E-state index in [4.69, 9.17) is 15.2 Å². The van der Waals surface area contributed by atoms with E-state index in [2.05, 4.69) is 64.1 Å². The van der Waals surface area contributed by atoms with Crippen molar-refractivity contribution in [2.75, 3.05) is 19.6 Å². The number of ether oxygens (including phenoxy) is 2. The number of allylic oxidation sites excluding steroid dienone is 6. The molecule has 20 rings (SSSR count). The number of hydrogen-bond acceptors (Lipinski definition) is 8. The predicted molar refractivity (Wildman–Crippen MR) is 327 cm³/mol. The van der Waals surface area contributed by atoms with Crippen molar-refractivity contribution in [3.63, 3.8) is 0 Å². The lowest BCUT2D eigenvalue weighted by atomic mass is 9.26. The first kappa shape index (κ1) is 51.8. The Morgan fingerprint density at radius 3 is 2.48 bits per heavy atom. The number of hydrogen-bond donors (Lipinski definition) is 2. The van der Waals surface area contributed by atoms with Crippen molar-refractivity contribution in [1.82, 2.24) is 9.80 Å². The Kier molecular flexibility index (Phi) is 10.8. The van der Waals surface area contributed by atoms with Crippen LogP contribution in [0, 0.1) is 115 Å². The second kappa shape index (κ2) is 17.7. The number of carbonyl (C=O) groups excluding carboxylic acids is 2. The Hall–Kier alpha value is -4.06. The average Bonchev–Trinajstić information content (AvgIpc) is 1.54. The minimum atomic E-state index is -1.18. The predicted octanol–water partition coefficient (Wildman–Crippen LogP) is 14.9. The maximum atomic E-state index is 17.3. The van der Waals surface area contributed by atoms with E-state index in [0.717, 1.165) is 49.9 Å². The summed E-state index contributed by atoms with van der Waals surface area (Å²) in [5, 5.41) is 14.5. The topological polar surface area (TPSA) is 105 Å². The molecule has 19 atom stereocenters. The highest BCUT2D eigenvalue weighted by molar-refractivity contribution is 6.00. The van der Waals surface area contributed by atoms with Gasteiger partial charge in [-0.25, -0.2) is 4.79 Å². The molecule has 7 spiro atoms. The van der Waals surface area contributed by atoms with Crippen molar-refractivity contribution >= 4 is 11.9 Å². The van der Waals surface area contributed by atoms with Crippen molar-refractivity contribution in [3.05, 3.63) is 93.1 Å². The standard InChI is InChI=1S/C77H95N3O5/c78-36-11-16-46-15-8-19-56-63(46)69(82)85-77(56)62-39-47(45-13-2-1-3-14-45)21-23-54-53-25-34-71(27-4-5-28-71)57-38-48-22-24-59-49-37-50-44-80(59)67(48)65(64(53)57)55-26-35-75(77)68(84-70(83)76(62,75)66(54)55)61(81)40-60-51-41-72(29-6-7-30-72)74(42-51)33-12-32-73(74)31-10-18-52(73)17-9-20-58(50)79(60)43-49/h8,15,19,21,23,25,34,45,47,49-54,57-60,62,64-65,81H,1-7,10-14,16,18,20,22,24,26-33,35-44,78H2/b23-21-,68-61+/t47-,49-,50-,51+,52+,53+,54+,57+,58-,59-,60+,62+,64+,65+,73+,74-,75-,76-,77-/m1/s1. The molecule has 0 amide bonds. The summed E-state index contributed by atoms with van der Waals surface area (Å²) in [6.07, 6.45) is 48.5. The number of nitrogens with zero attached hydrogens (tertiary/aromatic N) is 2. The van der Waals surface area contributed by atoms with Gasteiger partial charge in [0.1, 0.15) is 11.2 Å². The third kappa shape index (κ3) is 5.94. The molecule has 0 unspecified atom stereocenters. The van der Waals surface area contributed by atoms with E-state index in [1.165, 1.54) is 166 Å². The molecule has 3 N–H and O–H groups in total. The number of carbonyl (C=O) groups is 2. The van der Waals surface area contributed by atoms with Crippen molar-refractivity contribution in [2.45, 2.75) is 229 Å². The Bertz CT molecular complexity index is 3350. The number of aliphatic hydroxyl groups is 1. The smallest absolute Gasteiger partial charge is 0.339 e. The van der Waals surface area contributed by atoms with Gasteiger partial charge in [-0.15, -0.1) is 5.92 Å². The normalized spacial score (nSPS) is 49.4. The Labute approximate surface area is 506 Å². The Morgan fingerprint density at radius 2 is 1.61 bits per heavy atom. The van der Waals surface area contributed by atoms with Crippen LogP contribution in [0.3, 0.4) is 0 Å². The van der Waals surface area contributed by atoms with Gasteiger partial charge in [0.25, 0.3) is 0 Å². The second-order valence-corrected chi connectivity index (χ2v) is 33.4. The lowest BCUT2D eigenvalue weighted by Gasteiger charge is -2.74. The number of nitrogens with two attached hydrogens (primary N) is 1. The second-order valence-electron chi connectivity index (χ2n) is 33.4. The number of fused-ring (bicyclic) bond motifs is 10. The molecule has 3 saturated heterocycles. The van der Waals surface area contributed by atoms with E-state index < -0.39 is 16.4 Å². The quantitative estimate of drug-likeness (QED) is 0.175. The van der Waals surface area contributed by atoms with E-state index in [1.807, 2.05) is 0 Å². The number of esters is 2. The van der Waals surface area contributed by atoms with Gasteiger partial charge in [-0.2, -0.15) is 0 Å². The zero-order valence-corrected chi connectivity index (χ0v) is 51.0. The average molecular weight is 1140 g/mol. The van der Waals surface area contributed by atoms with Crippen molar-refractivity contribution in [1.29, 1.82) is 0 Å². The van der Waals surface area contributed by atoms with Crippen LogP contribution in [0.25, 0.3) is 0 Å². The first-order valence-corrected chi connectivity index (χ1v) is 36.2. The summed E-state index contributed by atoms with van der Waals surface area (Å²) in [5.74, 6) is 12.9. The summed E-state index contributed by atoms with van der Waals surface area (Å²) in [6, 6.07) is 7.47. The Morgan fingerprint density at radius 1 is 0.765 bits per heavy atom. The molecule has 8 nitrogen and oxygen atoms in total. The molecule has 10 fully saturated rings. The lowest BCUT2D eigenvalue weighted by molar-refractivity contribution is -0.283. The van der Waals surface area contributed by atoms with Crippen LogP contribution in [0.2, 0.25) is 0 Å². The van der Waals surface area contributed by atoms with Crippen LogP contribution in [0.4, 0.5) is 0 Å². The monoisotopic (exact) mass is 1140 g/mol. The molecule has 0 radical (unpaired) electrons. The van der Waals surface area contributed by atoms with Crippen molar-refractivity contribution in [3.8, 4) is 11.8 Å². The number of rotatable bonds is 4. The van der Waals surface area contributed by atoms with E-state index in [1.54, 1.807) is 16.8 Å². The van der Waals surface area contributed by atoms with Gasteiger partial charge in [-0.05, 0) is 222 Å². The van der Waals surface area contributed by atoms with Gasteiger partial charge in [0.05, 0.1) is 11.0 Å². The molecule has 7 heterocycles. The van der Waals surface area contributed by atoms with Crippen LogP contribution < -0.4 is 5.73 Å². The minimum absolute atomic E-state index is 0.0306. The molecular weight excluding hydrogens is 1050 g/mol. The number of benzene rings is 1. The summed E-state index contributed by atoms with van der Waals surface area (Å²) >= 11 is 0. The molecule has 7 saturated carbocycles. The van der Waals surface area contributed by atoms with Gasteiger partial charge in [0.15, 0.2) is 11.4 Å². The fraction of sp³-hybridized carbons (Fsp3) is 0.740. The molecule has 8 heteroatoms. The van der Waals surface area contributed by atoms with E-state index in [9.17, 15) is 5.11 Å². The van der Waals surface area contributed by atoms with Gasteiger partial charge in [0.2, 0.25) is 0 Å². The van der Waals surface area contributed by atoms with E-state index in [-0.39, 0.29) is 58.4 Å². The number of piperidine rings is 2. The van der Waals surface area contributed by atoms with E-state index in [0.29, 0.717) is 107 Å². The van der Waals surface area contributed by atoms with Crippen LogP contribution in [0.15, 0.2) is 76.4 Å². The lowest BCUT2D eigenvalue weighted by Crippen LogP contribution is -2.78. The first-order chi connectivity index (χ1) is 41.6. The van der Waals surface area contributed by atoms with Gasteiger partial charge in [-0.3, -0.25) is 9.69 Å². The molecule has 0 aromatic heterocycles. The highest BCUT2D eigenvalue weighted by Gasteiger charge is 2.94. The summed E-state index contributed by atoms with van der Waals surface area (Å²) in [5.41, 5.74) is 13.2. The fourth-order valence-corrected chi connectivity index (χ4v) is 29.4. The minimum Gasteiger partial charge on any atom is -0.509 e. The van der Waals surface area contributed by atoms with Crippen LogP contribution in [0.5, 0.6) is 0 Å². The van der Waals surface area contributed by atoms with Crippen LogP contribution in [-0.2, 0) is 26.3 Å². The van der Waals surface area contributed by atoms with Gasteiger partial charge < -0.3 is 25.2 Å². The summed E-state index contributed by atoms with van der Waals surface area (Å²) < 4.78 is 15.2. The molecule has 12 aliphatic carbocycles. The third-order valence-electron chi connectivity index (χ3n) is 31.7. The maximum Gasteiger partial charge on any atom is 0.339 e. The van der Waals surface area contributed by atoms with Crippen LogP contribution in [-0.4, -0.2) is 64.6 Å². The first-order valence-electron chi connectivity index (χ1n) is 36.2. The van der Waals surface area contributed by atoms with Gasteiger partial charge in [-0.1, -0.05) is 117 Å². The SMILES string of the molecule is NCCCc1cccc2c1C(=O)O[C@@]21[C@H]2C[C@H](C3CCCCC3)/C=C\[C@@H]3C4=C5CC[C@]16/C(=C(\O)C[C@H]1[C@H]7CC8(CCCC8)[C@@]8(CCC[C@]89CCC[C@@H]9C#CC[C@@H]8[C@@H]9C[C@H](CN81)[C@H]1CCC8=C([C@@H]5[C@H]5[C@H]3C=CC3(CCCC3)[C@H]5C8)N1C9)C7)OC(=O)[C@]426. The summed E-state index contributed by atoms with van der Waals surface area (Å²) in [7, 11) is 0. The number of aliphatic hydroxyl groups excluding tert-OH is 1. The van der Waals surface area contributed by atoms with E-state index >= 15 is 9.59 Å². The van der Waals surface area contributed by atoms with Crippen molar-refractivity contribution < 1.29 is 24.2 Å². The zero-order chi connectivity index (χ0) is 56.2. The molecule has 1 aromatic carbocycles. The van der Waals surface area contributed by atoms with Crippen molar-refractivity contribution in [2.24, 2.45) is 109 Å². The molecule has 1 aromatic rings. The number of aryl methyl sites for hydroxylation is 1. The molecule has 7 aliphatic heterocycles. The molecule has 448 valence electrons. The summed E-state index contributed by atoms with van der Waals surface area (Å²) in [4.78, 5) is 39.2. The zero-order valence-electron chi connectivity index (χ0n) is 51.0. The van der Waals surface area contributed by atoms with Crippen LogP contribution in [0.1, 0.15) is 221 Å².